The average molecular weight is 235 g/mol. The Morgan fingerprint density at radius 3 is 2.94 bits per heavy atom. The van der Waals surface area contributed by atoms with E-state index in [-0.39, 0.29) is 17.9 Å². The molecule has 0 amide bonds. The van der Waals surface area contributed by atoms with Crippen LogP contribution >= 0.6 is 0 Å². The van der Waals surface area contributed by atoms with E-state index >= 15 is 0 Å². The van der Waals surface area contributed by atoms with Crippen molar-refractivity contribution in [3.8, 4) is 0 Å². The summed E-state index contributed by atoms with van der Waals surface area (Å²) in [6.45, 7) is 3.92. The van der Waals surface area contributed by atoms with Gasteiger partial charge in [-0.1, -0.05) is 6.92 Å². The van der Waals surface area contributed by atoms with Gasteiger partial charge in [-0.05, 0) is 13.3 Å². The highest BCUT2D eigenvalue weighted by atomic mass is 16.5. The zero-order valence-electron chi connectivity index (χ0n) is 9.69. The molecule has 0 fully saturated rings. The molecule has 0 bridgehead atoms. The number of carbonyl (C=O) groups excluding carboxylic acids is 1. The molecule has 0 aromatic carbocycles. The number of carbonyl (C=O) groups is 1. The van der Waals surface area contributed by atoms with Crippen molar-refractivity contribution in [2.45, 2.75) is 20.3 Å². The van der Waals surface area contributed by atoms with Gasteiger partial charge in [0.05, 0.1) is 6.61 Å². The minimum atomic E-state index is -0.529. The third kappa shape index (κ3) is 1.93. The number of nitrogens with one attached hydrogen (secondary N) is 1. The first kappa shape index (κ1) is 11.4. The molecular formula is C11H13N3O3. The van der Waals surface area contributed by atoms with Crippen molar-refractivity contribution in [3.63, 3.8) is 0 Å². The summed E-state index contributed by atoms with van der Waals surface area (Å²) in [5.41, 5.74) is 1.07. The molecule has 0 spiro atoms. The molecule has 2 heterocycles. The van der Waals surface area contributed by atoms with Crippen molar-refractivity contribution >= 4 is 11.6 Å². The topological polar surface area (TPSA) is 76.5 Å². The van der Waals surface area contributed by atoms with Crippen LogP contribution in [0, 0.1) is 0 Å². The maximum Gasteiger partial charge on any atom is 0.360 e. The van der Waals surface area contributed by atoms with E-state index in [9.17, 15) is 9.59 Å². The number of nitrogens with zero attached hydrogens (tertiary/aromatic N) is 2. The Kier molecular flexibility index (Phi) is 2.95. The SMILES string of the molecule is CCOC(=O)c1ncn2c(CC)cc(=O)[nH]c12. The highest BCUT2D eigenvalue weighted by molar-refractivity contribution is 5.93. The molecule has 90 valence electrons. The van der Waals surface area contributed by atoms with E-state index < -0.39 is 5.97 Å². The number of fused-ring (bicyclic) bond motifs is 1. The Morgan fingerprint density at radius 1 is 1.53 bits per heavy atom. The summed E-state index contributed by atoms with van der Waals surface area (Å²) >= 11 is 0. The van der Waals surface area contributed by atoms with E-state index in [4.69, 9.17) is 4.74 Å². The number of hydrogen-bond acceptors (Lipinski definition) is 4. The first-order valence-corrected chi connectivity index (χ1v) is 5.43. The van der Waals surface area contributed by atoms with Gasteiger partial charge in [0.15, 0.2) is 11.3 Å². The van der Waals surface area contributed by atoms with Crippen molar-refractivity contribution in [1.82, 2.24) is 14.4 Å². The van der Waals surface area contributed by atoms with Crippen LogP contribution in [0.4, 0.5) is 0 Å². The van der Waals surface area contributed by atoms with E-state index in [0.29, 0.717) is 12.1 Å². The maximum absolute atomic E-state index is 11.6. The molecule has 2 rings (SSSR count). The van der Waals surface area contributed by atoms with E-state index in [1.54, 1.807) is 11.3 Å². The van der Waals surface area contributed by atoms with Gasteiger partial charge in [0.2, 0.25) is 0 Å². The highest BCUT2D eigenvalue weighted by Gasteiger charge is 2.16. The second kappa shape index (κ2) is 4.40. The lowest BCUT2D eigenvalue weighted by Crippen LogP contribution is -2.13. The second-order valence-corrected chi connectivity index (χ2v) is 3.51. The normalized spacial score (nSPS) is 10.7. The van der Waals surface area contributed by atoms with Crippen LogP contribution < -0.4 is 5.56 Å². The van der Waals surface area contributed by atoms with Gasteiger partial charge in [-0.15, -0.1) is 0 Å². The molecule has 2 aromatic rings. The number of aryl methyl sites for hydroxylation is 1. The predicted octanol–water partition coefficient (Wildman–Crippen LogP) is 0.762. The molecule has 17 heavy (non-hydrogen) atoms. The number of hydrogen-bond donors (Lipinski definition) is 1. The fourth-order valence-corrected chi connectivity index (χ4v) is 1.68. The first-order valence-electron chi connectivity index (χ1n) is 5.43. The molecule has 0 unspecified atom stereocenters. The highest BCUT2D eigenvalue weighted by Crippen LogP contribution is 2.09. The zero-order chi connectivity index (χ0) is 12.4. The number of H-pyrrole nitrogens is 1. The van der Waals surface area contributed by atoms with Crippen LogP contribution in [0.3, 0.4) is 0 Å². The summed E-state index contributed by atoms with van der Waals surface area (Å²) in [5, 5.41) is 0. The third-order valence-electron chi connectivity index (χ3n) is 2.45. The third-order valence-corrected chi connectivity index (χ3v) is 2.45. The van der Waals surface area contributed by atoms with Crippen LogP contribution in [0.25, 0.3) is 5.65 Å². The maximum atomic E-state index is 11.6. The molecule has 0 radical (unpaired) electrons. The minimum absolute atomic E-state index is 0.138. The Bertz CT molecular complexity index is 612. The lowest BCUT2D eigenvalue weighted by atomic mass is 10.3. The van der Waals surface area contributed by atoms with E-state index in [1.807, 2.05) is 6.92 Å². The summed E-state index contributed by atoms with van der Waals surface area (Å²) < 4.78 is 6.56. The van der Waals surface area contributed by atoms with Crippen molar-refractivity contribution in [2.24, 2.45) is 0 Å². The molecule has 2 aromatic heterocycles. The van der Waals surface area contributed by atoms with E-state index in [0.717, 1.165) is 5.69 Å². The molecular weight excluding hydrogens is 222 g/mol. The van der Waals surface area contributed by atoms with Crippen LogP contribution in [-0.2, 0) is 11.2 Å². The van der Waals surface area contributed by atoms with Crippen LogP contribution in [0.2, 0.25) is 0 Å². The molecule has 0 saturated heterocycles. The zero-order valence-corrected chi connectivity index (χ0v) is 9.69. The number of esters is 1. The summed E-state index contributed by atoms with van der Waals surface area (Å²) in [7, 11) is 0. The van der Waals surface area contributed by atoms with Gasteiger partial charge in [0.1, 0.15) is 6.33 Å². The lowest BCUT2D eigenvalue weighted by Gasteiger charge is -2.02. The number of aromatic amines is 1. The Balaban J connectivity index is 2.64. The molecule has 6 heteroatoms. The molecule has 6 nitrogen and oxygen atoms in total. The van der Waals surface area contributed by atoms with Crippen LogP contribution in [0.15, 0.2) is 17.2 Å². The van der Waals surface area contributed by atoms with Crippen molar-refractivity contribution in [1.29, 1.82) is 0 Å². The Labute approximate surface area is 97.3 Å². The number of imidazole rings is 1. The first-order chi connectivity index (χ1) is 8.17. The van der Waals surface area contributed by atoms with Gasteiger partial charge in [0.25, 0.3) is 5.56 Å². The van der Waals surface area contributed by atoms with Gasteiger partial charge >= 0.3 is 5.97 Å². The van der Waals surface area contributed by atoms with Crippen molar-refractivity contribution in [2.75, 3.05) is 6.61 Å². The molecule has 1 N–H and O–H groups in total. The Hall–Kier alpha value is -2.11. The molecule has 0 aliphatic heterocycles. The van der Waals surface area contributed by atoms with Crippen molar-refractivity contribution < 1.29 is 9.53 Å². The summed E-state index contributed by atoms with van der Waals surface area (Å²) in [6.07, 6.45) is 2.19. The minimum Gasteiger partial charge on any atom is -0.461 e. The standard InChI is InChI=1S/C11H13N3O3/c1-3-7-5-8(15)13-10-9(11(16)17-4-2)12-6-14(7)10/h5-6H,3-4H2,1-2H3,(H,13,15). The van der Waals surface area contributed by atoms with Gasteiger partial charge in [-0.2, -0.15) is 0 Å². The van der Waals surface area contributed by atoms with Gasteiger partial charge in [-0.25, -0.2) is 9.78 Å². The van der Waals surface area contributed by atoms with Gasteiger partial charge in [0, 0.05) is 11.8 Å². The predicted molar refractivity (Wildman–Crippen MR) is 61.1 cm³/mol. The number of ether oxygens (including phenoxy) is 1. The quantitative estimate of drug-likeness (QED) is 0.797. The van der Waals surface area contributed by atoms with Crippen LogP contribution in [0.5, 0.6) is 0 Å². The van der Waals surface area contributed by atoms with E-state index in [1.165, 1.54) is 12.4 Å². The lowest BCUT2D eigenvalue weighted by molar-refractivity contribution is 0.0522. The van der Waals surface area contributed by atoms with Crippen molar-refractivity contribution in [3.05, 3.63) is 34.1 Å². The monoisotopic (exact) mass is 235 g/mol. The fraction of sp³-hybridized carbons (Fsp3) is 0.364. The molecule has 0 atom stereocenters. The smallest absolute Gasteiger partial charge is 0.360 e. The van der Waals surface area contributed by atoms with Gasteiger partial charge in [-0.3, -0.25) is 9.20 Å². The van der Waals surface area contributed by atoms with Crippen LogP contribution in [0.1, 0.15) is 30.0 Å². The molecule has 0 aliphatic carbocycles. The summed E-state index contributed by atoms with van der Waals surface area (Å²) in [6, 6.07) is 1.49. The van der Waals surface area contributed by atoms with E-state index in [2.05, 4.69) is 9.97 Å². The van der Waals surface area contributed by atoms with Gasteiger partial charge < -0.3 is 9.72 Å². The second-order valence-electron chi connectivity index (χ2n) is 3.51. The largest absolute Gasteiger partial charge is 0.461 e. The van der Waals surface area contributed by atoms with Crippen LogP contribution in [-0.4, -0.2) is 26.9 Å². The summed E-state index contributed by atoms with van der Waals surface area (Å²) in [4.78, 5) is 29.6. The number of aromatic nitrogens is 3. The molecule has 0 saturated carbocycles. The molecule has 0 aliphatic rings. The number of rotatable bonds is 3. The summed E-state index contributed by atoms with van der Waals surface area (Å²) in [5.74, 6) is -0.529. The fourth-order valence-electron chi connectivity index (χ4n) is 1.68. The average Bonchev–Trinajstić information content (AvgIpc) is 2.71. The Morgan fingerprint density at radius 2 is 2.29 bits per heavy atom.